The Morgan fingerprint density at radius 1 is 1.43 bits per heavy atom. The predicted molar refractivity (Wildman–Crippen MR) is 53.5 cm³/mol. The molecule has 1 spiro atoms. The maximum Gasteiger partial charge on any atom is 0.233 e. The lowest BCUT2D eigenvalue weighted by Gasteiger charge is -2.27. The van der Waals surface area contributed by atoms with Crippen LogP contribution in [0.4, 0.5) is 0 Å². The highest BCUT2D eigenvalue weighted by Gasteiger charge is 2.48. The van der Waals surface area contributed by atoms with Crippen LogP contribution in [0.3, 0.4) is 0 Å². The third kappa shape index (κ3) is 0.775. The van der Waals surface area contributed by atoms with Crippen LogP contribution < -0.4 is 0 Å². The van der Waals surface area contributed by atoms with E-state index in [0.29, 0.717) is 6.54 Å². The summed E-state index contributed by atoms with van der Waals surface area (Å²) in [6.07, 6.45) is 10.7. The summed E-state index contributed by atoms with van der Waals surface area (Å²) in [5, 5.41) is 0. The van der Waals surface area contributed by atoms with Gasteiger partial charge in [0.2, 0.25) is 12.7 Å². The highest BCUT2D eigenvalue weighted by molar-refractivity contribution is 6.13. The van der Waals surface area contributed by atoms with E-state index in [0.717, 1.165) is 16.0 Å². The Balaban J connectivity index is 2.23. The number of hydrogen-bond donors (Lipinski definition) is 0. The van der Waals surface area contributed by atoms with Crippen LogP contribution in [0.5, 0.6) is 0 Å². The fourth-order valence-electron chi connectivity index (χ4n) is 1.99. The number of aliphatic imine (C=N–C) groups is 2. The van der Waals surface area contributed by atoms with Gasteiger partial charge in [-0.05, 0) is 11.6 Å². The molecule has 1 atom stereocenters. The first kappa shape index (κ1) is 7.55. The molecule has 2 aliphatic heterocycles. The van der Waals surface area contributed by atoms with Crippen molar-refractivity contribution < 1.29 is 4.76 Å². The van der Waals surface area contributed by atoms with Crippen molar-refractivity contribution in [3.05, 3.63) is 41.0 Å². The summed E-state index contributed by atoms with van der Waals surface area (Å²) >= 11 is 0. The molecule has 4 heteroatoms. The summed E-state index contributed by atoms with van der Waals surface area (Å²) in [6.45, 7) is 0.328. The molecule has 4 nitrogen and oxygen atoms in total. The second kappa shape index (κ2) is 2.35. The lowest BCUT2D eigenvalue weighted by molar-refractivity contribution is -0.486. The standard InChI is InChI=1S/C10H8N3O/c14-13-5-4-8-2-1-3-9-10(8,6-13)12-7-11-9/h1-5,7H,6H2/q+1. The van der Waals surface area contributed by atoms with Crippen molar-refractivity contribution in [3.8, 4) is 0 Å². The van der Waals surface area contributed by atoms with Crippen LogP contribution in [0, 0.1) is 4.91 Å². The quantitative estimate of drug-likeness (QED) is 0.521. The van der Waals surface area contributed by atoms with E-state index in [1.54, 1.807) is 6.08 Å². The van der Waals surface area contributed by atoms with Gasteiger partial charge in [-0.1, -0.05) is 12.2 Å². The first-order chi connectivity index (χ1) is 6.81. The number of nitrogens with zero attached hydrogens (tertiary/aromatic N) is 3. The minimum atomic E-state index is -0.523. The molecule has 1 aliphatic carbocycles. The predicted octanol–water partition coefficient (Wildman–Crippen LogP) is 1.01. The lowest BCUT2D eigenvalue weighted by atomic mass is 9.80. The van der Waals surface area contributed by atoms with Gasteiger partial charge in [0.05, 0.1) is 5.71 Å². The zero-order chi connectivity index (χ0) is 9.60. The summed E-state index contributed by atoms with van der Waals surface area (Å²) in [6, 6.07) is 0. The van der Waals surface area contributed by atoms with Gasteiger partial charge < -0.3 is 0 Å². The fraction of sp³-hybridized carbons (Fsp3) is 0.200. The summed E-state index contributed by atoms with van der Waals surface area (Å²) in [4.78, 5) is 19.8. The van der Waals surface area contributed by atoms with E-state index in [1.807, 2.05) is 18.2 Å². The van der Waals surface area contributed by atoms with Gasteiger partial charge in [0, 0.05) is 15.7 Å². The molecule has 2 heterocycles. The fourth-order valence-corrected chi connectivity index (χ4v) is 1.99. The zero-order valence-corrected chi connectivity index (χ0v) is 7.42. The third-order valence-corrected chi connectivity index (χ3v) is 2.71. The van der Waals surface area contributed by atoms with Gasteiger partial charge in [0.15, 0.2) is 5.54 Å². The Bertz CT molecular complexity index is 468. The molecule has 0 radical (unpaired) electrons. The van der Waals surface area contributed by atoms with Crippen molar-refractivity contribution >= 4 is 12.1 Å². The van der Waals surface area contributed by atoms with Crippen LogP contribution in [-0.4, -0.2) is 28.9 Å². The molecule has 0 saturated heterocycles. The molecule has 0 fully saturated rings. The molecule has 0 N–H and O–H groups in total. The molecule has 68 valence electrons. The summed E-state index contributed by atoms with van der Waals surface area (Å²) < 4.78 is 0.897. The largest absolute Gasteiger partial charge is 0.249 e. The van der Waals surface area contributed by atoms with Crippen LogP contribution in [0.2, 0.25) is 0 Å². The molecule has 14 heavy (non-hydrogen) atoms. The van der Waals surface area contributed by atoms with Crippen molar-refractivity contribution in [1.29, 1.82) is 0 Å². The van der Waals surface area contributed by atoms with E-state index < -0.39 is 5.54 Å². The molecular weight excluding hydrogens is 178 g/mol. The van der Waals surface area contributed by atoms with Gasteiger partial charge in [0.25, 0.3) is 0 Å². The maximum atomic E-state index is 11.3. The van der Waals surface area contributed by atoms with Gasteiger partial charge in [0.1, 0.15) is 6.34 Å². The smallest absolute Gasteiger partial charge is 0.233 e. The van der Waals surface area contributed by atoms with Crippen molar-refractivity contribution in [1.82, 2.24) is 0 Å². The molecule has 0 aromatic heterocycles. The van der Waals surface area contributed by atoms with Crippen molar-refractivity contribution in [2.45, 2.75) is 5.54 Å². The van der Waals surface area contributed by atoms with E-state index in [9.17, 15) is 4.91 Å². The van der Waals surface area contributed by atoms with Crippen molar-refractivity contribution in [2.75, 3.05) is 6.54 Å². The summed E-state index contributed by atoms with van der Waals surface area (Å²) in [5.41, 5.74) is 1.38. The van der Waals surface area contributed by atoms with E-state index in [-0.39, 0.29) is 0 Å². The monoisotopic (exact) mass is 186 g/mol. The molecule has 3 rings (SSSR count). The minimum Gasteiger partial charge on any atom is -0.249 e. The van der Waals surface area contributed by atoms with Gasteiger partial charge in [-0.3, -0.25) is 0 Å². The molecule has 0 amide bonds. The number of allylic oxidation sites excluding steroid dienone is 2. The first-order valence-electron chi connectivity index (χ1n) is 4.44. The van der Waals surface area contributed by atoms with Crippen LogP contribution in [0.15, 0.2) is 46.1 Å². The van der Waals surface area contributed by atoms with Gasteiger partial charge in [-0.25, -0.2) is 9.98 Å². The highest BCUT2D eigenvalue weighted by Crippen LogP contribution is 2.33. The maximum absolute atomic E-state index is 11.3. The Morgan fingerprint density at radius 2 is 2.36 bits per heavy atom. The summed E-state index contributed by atoms with van der Waals surface area (Å²) in [7, 11) is 0. The number of nitroso groups, excluding NO2 is 1. The molecule has 0 aromatic rings. The SMILES string of the molecule is O=[N+]1C=CC2=CC=CC3=NC=NC23C1. The normalized spacial score (nSPS) is 32.4. The van der Waals surface area contributed by atoms with Crippen LogP contribution in [-0.2, 0) is 0 Å². The Labute approximate surface area is 80.6 Å². The molecule has 0 bridgehead atoms. The molecule has 0 aromatic carbocycles. The topological polar surface area (TPSA) is 44.8 Å². The van der Waals surface area contributed by atoms with Gasteiger partial charge in [-0.2, -0.15) is 0 Å². The summed E-state index contributed by atoms with van der Waals surface area (Å²) in [5.74, 6) is 0. The molecule has 0 saturated carbocycles. The van der Waals surface area contributed by atoms with Crippen molar-refractivity contribution in [3.63, 3.8) is 0 Å². The van der Waals surface area contributed by atoms with Crippen molar-refractivity contribution in [2.24, 2.45) is 9.98 Å². The van der Waals surface area contributed by atoms with Gasteiger partial charge >= 0.3 is 0 Å². The number of rotatable bonds is 0. The van der Waals surface area contributed by atoms with E-state index in [2.05, 4.69) is 9.98 Å². The molecule has 3 aliphatic rings. The van der Waals surface area contributed by atoms with E-state index >= 15 is 0 Å². The third-order valence-electron chi connectivity index (χ3n) is 2.71. The Morgan fingerprint density at radius 3 is 3.29 bits per heavy atom. The Hall–Kier alpha value is -1.84. The van der Waals surface area contributed by atoms with E-state index in [1.165, 1.54) is 12.5 Å². The average Bonchev–Trinajstić information content (AvgIpc) is 2.57. The second-order valence-electron chi connectivity index (χ2n) is 3.49. The molecule has 1 unspecified atom stereocenters. The average molecular weight is 186 g/mol. The van der Waals surface area contributed by atoms with Crippen LogP contribution in [0.1, 0.15) is 0 Å². The lowest BCUT2D eigenvalue weighted by Crippen LogP contribution is -2.45. The molecular formula is C10H8N3O+. The van der Waals surface area contributed by atoms with Crippen LogP contribution in [0.25, 0.3) is 0 Å². The number of hydrogen-bond acceptors (Lipinski definition) is 3. The zero-order valence-electron chi connectivity index (χ0n) is 7.42. The second-order valence-corrected chi connectivity index (χ2v) is 3.49. The first-order valence-corrected chi connectivity index (χ1v) is 4.44. The van der Waals surface area contributed by atoms with Gasteiger partial charge in [-0.15, -0.1) is 0 Å². The minimum absolute atomic E-state index is 0.328. The Kier molecular flexibility index (Phi) is 1.27. The van der Waals surface area contributed by atoms with Crippen LogP contribution >= 0.6 is 0 Å². The van der Waals surface area contributed by atoms with E-state index in [4.69, 9.17) is 0 Å². The highest BCUT2D eigenvalue weighted by atomic mass is 16.3.